The summed E-state index contributed by atoms with van der Waals surface area (Å²) < 4.78 is 41.2. The molecule has 0 spiro atoms. The standard InChI is InChI=1S/C8H10ClF3N2O2/c9-7(15)14-3-1-13(2-4-14)6-5(16-6)8(10,11)12/h5-6H,1-4H2. The molecule has 0 bridgehead atoms. The minimum absolute atomic E-state index is 0.340. The van der Waals surface area contributed by atoms with E-state index in [1.54, 1.807) is 4.90 Å². The molecule has 0 saturated carbocycles. The Morgan fingerprint density at radius 2 is 1.81 bits per heavy atom. The van der Waals surface area contributed by atoms with Gasteiger partial charge in [-0.2, -0.15) is 13.2 Å². The molecule has 0 aromatic heterocycles. The van der Waals surface area contributed by atoms with E-state index in [0.717, 1.165) is 0 Å². The van der Waals surface area contributed by atoms with Gasteiger partial charge in [0.25, 0.3) is 0 Å². The van der Waals surface area contributed by atoms with E-state index in [1.807, 2.05) is 0 Å². The van der Waals surface area contributed by atoms with Gasteiger partial charge < -0.3 is 9.64 Å². The van der Waals surface area contributed by atoms with Crippen LogP contribution in [0.1, 0.15) is 0 Å². The number of hydrogen-bond donors (Lipinski definition) is 0. The number of epoxide rings is 1. The van der Waals surface area contributed by atoms with Crippen molar-refractivity contribution in [1.29, 1.82) is 0 Å². The Labute approximate surface area is 94.9 Å². The molecule has 16 heavy (non-hydrogen) atoms. The second-order valence-electron chi connectivity index (χ2n) is 3.76. The van der Waals surface area contributed by atoms with Gasteiger partial charge in [-0.25, -0.2) is 0 Å². The maximum atomic E-state index is 12.2. The van der Waals surface area contributed by atoms with Crippen LogP contribution in [0.15, 0.2) is 0 Å². The fraction of sp³-hybridized carbons (Fsp3) is 0.875. The van der Waals surface area contributed by atoms with Crippen molar-refractivity contribution < 1.29 is 22.7 Å². The maximum absolute atomic E-state index is 12.2. The van der Waals surface area contributed by atoms with Gasteiger partial charge in [0.15, 0.2) is 6.10 Å². The second-order valence-corrected chi connectivity index (χ2v) is 4.09. The lowest BCUT2D eigenvalue weighted by atomic mass is 10.3. The number of alkyl halides is 3. The zero-order chi connectivity index (χ0) is 11.9. The largest absolute Gasteiger partial charge is 0.418 e. The van der Waals surface area contributed by atoms with Gasteiger partial charge in [-0.1, -0.05) is 0 Å². The molecule has 2 fully saturated rings. The first kappa shape index (κ1) is 11.9. The quantitative estimate of drug-likeness (QED) is 0.403. The first-order valence-corrected chi connectivity index (χ1v) is 5.18. The van der Waals surface area contributed by atoms with Crippen LogP contribution in [0.3, 0.4) is 0 Å². The molecule has 2 saturated heterocycles. The molecule has 8 heteroatoms. The monoisotopic (exact) mass is 258 g/mol. The van der Waals surface area contributed by atoms with Crippen LogP contribution in [-0.4, -0.2) is 59.9 Å². The van der Waals surface area contributed by atoms with Gasteiger partial charge in [0.1, 0.15) is 6.23 Å². The molecule has 92 valence electrons. The van der Waals surface area contributed by atoms with Crippen LogP contribution < -0.4 is 0 Å². The average Bonchev–Trinajstić information content (AvgIpc) is 2.96. The number of piperazine rings is 1. The van der Waals surface area contributed by atoms with Crippen LogP contribution in [0.4, 0.5) is 18.0 Å². The SMILES string of the molecule is O=C(Cl)N1CCN(C2OC2C(F)(F)F)CC1. The number of carbonyl (C=O) groups is 1. The lowest BCUT2D eigenvalue weighted by molar-refractivity contribution is -0.147. The highest BCUT2D eigenvalue weighted by molar-refractivity contribution is 6.62. The summed E-state index contributed by atoms with van der Waals surface area (Å²) in [5, 5.41) is -0.566. The molecular weight excluding hydrogens is 249 g/mol. The Balaban J connectivity index is 1.81. The Hall–Kier alpha value is -0.530. The molecule has 2 aliphatic heterocycles. The predicted octanol–water partition coefficient (Wildman–Crippen LogP) is 1.25. The van der Waals surface area contributed by atoms with Crippen LogP contribution >= 0.6 is 11.6 Å². The number of halogens is 4. The van der Waals surface area contributed by atoms with Gasteiger partial charge in [0.05, 0.1) is 0 Å². The zero-order valence-corrected chi connectivity index (χ0v) is 8.96. The van der Waals surface area contributed by atoms with Gasteiger partial charge in [0.2, 0.25) is 0 Å². The maximum Gasteiger partial charge on any atom is 0.418 e. The first-order chi connectivity index (χ1) is 7.39. The fourth-order valence-corrected chi connectivity index (χ4v) is 1.94. The Morgan fingerprint density at radius 1 is 1.25 bits per heavy atom. The molecule has 2 atom stereocenters. The number of hydrogen-bond acceptors (Lipinski definition) is 3. The third-order valence-corrected chi connectivity index (χ3v) is 2.95. The van der Waals surface area contributed by atoms with Crippen LogP contribution in [0.5, 0.6) is 0 Å². The van der Waals surface area contributed by atoms with Crippen LogP contribution in [-0.2, 0) is 4.74 Å². The van der Waals surface area contributed by atoms with E-state index < -0.39 is 23.9 Å². The molecule has 2 aliphatic rings. The van der Waals surface area contributed by atoms with E-state index in [-0.39, 0.29) is 0 Å². The summed E-state index contributed by atoms with van der Waals surface area (Å²) in [6, 6.07) is 0. The smallest absolute Gasteiger partial charge is 0.343 e. The molecule has 2 unspecified atom stereocenters. The van der Waals surface area contributed by atoms with Crippen molar-refractivity contribution in [2.75, 3.05) is 26.2 Å². The molecular formula is C8H10ClF3N2O2. The summed E-state index contributed by atoms with van der Waals surface area (Å²) in [5.74, 6) is 0. The number of ether oxygens (including phenoxy) is 1. The molecule has 0 aromatic rings. The average molecular weight is 259 g/mol. The van der Waals surface area contributed by atoms with Crippen molar-refractivity contribution in [3.8, 4) is 0 Å². The molecule has 0 radical (unpaired) electrons. The van der Waals surface area contributed by atoms with Gasteiger partial charge >= 0.3 is 11.5 Å². The van der Waals surface area contributed by atoms with Crippen molar-refractivity contribution in [3.63, 3.8) is 0 Å². The van der Waals surface area contributed by atoms with Gasteiger partial charge in [0, 0.05) is 26.2 Å². The Morgan fingerprint density at radius 3 is 2.19 bits per heavy atom. The van der Waals surface area contributed by atoms with Crippen molar-refractivity contribution >= 4 is 17.0 Å². The molecule has 0 N–H and O–H groups in total. The molecule has 1 amide bonds. The third-order valence-electron chi connectivity index (χ3n) is 2.71. The van der Waals surface area contributed by atoms with E-state index in [1.165, 1.54) is 4.90 Å². The molecule has 2 heterocycles. The third kappa shape index (κ3) is 2.41. The fourth-order valence-electron chi connectivity index (χ4n) is 1.77. The number of amides is 1. The topological polar surface area (TPSA) is 36.1 Å². The van der Waals surface area contributed by atoms with Crippen molar-refractivity contribution in [3.05, 3.63) is 0 Å². The lowest BCUT2D eigenvalue weighted by Gasteiger charge is -2.32. The zero-order valence-electron chi connectivity index (χ0n) is 8.21. The van der Waals surface area contributed by atoms with Crippen LogP contribution in [0.25, 0.3) is 0 Å². The van der Waals surface area contributed by atoms with E-state index in [4.69, 9.17) is 11.6 Å². The highest BCUT2D eigenvalue weighted by Gasteiger charge is 2.60. The van der Waals surface area contributed by atoms with Crippen molar-refractivity contribution in [2.24, 2.45) is 0 Å². The van der Waals surface area contributed by atoms with Crippen molar-refractivity contribution in [1.82, 2.24) is 9.80 Å². The summed E-state index contributed by atoms with van der Waals surface area (Å²) in [6.45, 7) is 1.39. The minimum atomic E-state index is -4.30. The molecule has 0 aliphatic carbocycles. The van der Waals surface area contributed by atoms with E-state index >= 15 is 0 Å². The van der Waals surface area contributed by atoms with Crippen LogP contribution in [0, 0.1) is 0 Å². The summed E-state index contributed by atoms with van der Waals surface area (Å²) >= 11 is 5.26. The molecule has 0 aromatic carbocycles. The van der Waals surface area contributed by atoms with Gasteiger partial charge in [-0.3, -0.25) is 9.69 Å². The van der Waals surface area contributed by atoms with E-state index in [2.05, 4.69) is 4.74 Å². The lowest BCUT2D eigenvalue weighted by Crippen LogP contribution is -2.49. The highest BCUT2D eigenvalue weighted by Crippen LogP contribution is 2.39. The minimum Gasteiger partial charge on any atom is -0.343 e. The highest BCUT2D eigenvalue weighted by atomic mass is 35.5. The Kier molecular flexibility index (Phi) is 3.02. The summed E-state index contributed by atoms with van der Waals surface area (Å²) in [6.07, 6.45) is -6.86. The summed E-state index contributed by atoms with van der Waals surface area (Å²) in [4.78, 5) is 13.7. The van der Waals surface area contributed by atoms with Crippen molar-refractivity contribution in [2.45, 2.75) is 18.5 Å². The van der Waals surface area contributed by atoms with Gasteiger partial charge in [-0.05, 0) is 11.6 Å². The van der Waals surface area contributed by atoms with E-state index in [9.17, 15) is 18.0 Å². The molecule has 4 nitrogen and oxygen atoms in total. The first-order valence-electron chi connectivity index (χ1n) is 4.80. The number of carbonyl (C=O) groups excluding carboxylic acids is 1. The van der Waals surface area contributed by atoms with Crippen LogP contribution in [0.2, 0.25) is 0 Å². The van der Waals surface area contributed by atoms with E-state index in [0.29, 0.717) is 26.2 Å². The number of nitrogens with zero attached hydrogens (tertiary/aromatic N) is 2. The molecule has 2 rings (SSSR count). The predicted molar refractivity (Wildman–Crippen MR) is 49.1 cm³/mol. The summed E-state index contributed by atoms with van der Waals surface area (Å²) in [5.41, 5.74) is 0. The van der Waals surface area contributed by atoms with Gasteiger partial charge in [-0.15, -0.1) is 0 Å². The summed E-state index contributed by atoms with van der Waals surface area (Å²) in [7, 11) is 0. The normalized spacial score (nSPS) is 31.6. The number of rotatable bonds is 1. The Bertz CT molecular complexity index is 291. The second kappa shape index (κ2) is 4.05.